The molecule has 2 aromatic carbocycles. The van der Waals surface area contributed by atoms with Crippen LogP contribution in [0.5, 0.6) is 5.75 Å². The molecular formula is C22H24ClFN2O3. The molecule has 0 aliphatic rings. The molecule has 1 heterocycles. The molecule has 29 heavy (non-hydrogen) atoms. The second-order valence-corrected chi connectivity index (χ2v) is 6.82. The van der Waals surface area contributed by atoms with E-state index in [-0.39, 0.29) is 11.6 Å². The number of anilines is 1. The van der Waals surface area contributed by atoms with Crippen molar-refractivity contribution in [3.05, 3.63) is 52.9 Å². The van der Waals surface area contributed by atoms with Crippen molar-refractivity contribution in [2.75, 3.05) is 31.7 Å². The second-order valence-electron chi connectivity index (χ2n) is 6.41. The summed E-state index contributed by atoms with van der Waals surface area (Å²) in [5, 5.41) is 0.585. The van der Waals surface area contributed by atoms with Crippen LogP contribution in [0.25, 0.3) is 16.6 Å². The Morgan fingerprint density at radius 1 is 1.17 bits per heavy atom. The largest absolute Gasteiger partial charge is 0.497 e. The summed E-state index contributed by atoms with van der Waals surface area (Å²) in [7, 11) is 1.58. The van der Waals surface area contributed by atoms with Crippen molar-refractivity contribution < 1.29 is 18.7 Å². The maximum absolute atomic E-state index is 14.4. The van der Waals surface area contributed by atoms with E-state index in [1.165, 1.54) is 6.07 Å². The SMILES string of the molecule is CCOC(=O)c1c(N(CC)CC)c2cc(F)c(Cl)cc2n1-c1cccc(OC)c1. The molecule has 7 heteroatoms. The summed E-state index contributed by atoms with van der Waals surface area (Å²) < 4.78 is 26.9. The normalized spacial score (nSPS) is 11.0. The number of carbonyl (C=O) groups excluding carboxylic acids is 1. The number of carbonyl (C=O) groups is 1. The first kappa shape index (κ1) is 21.0. The fraction of sp³-hybridized carbons (Fsp3) is 0.318. The molecule has 0 saturated carbocycles. The van der Waals surface area contributed by atoms with E-state index in [9.17, 15) is 9.18 Å². The van der Waals surface area contributed by atoms with E-state index in [0.717, 1.165) is 0 Å². The fourth-order valence-electron chi connectivity index (χ4n) is 3.53. The number of rotatable bonds is 7. The van der Waals surface area contributed by atoms with E-state index in [1.54, 1.807) is 24.7 Å². The molecule has 0 radical (unpaired) electrons. The van der Waals surface area contributed by atoms with Crippen LogP contribution in [0.15, 0.2) is 36.4 Å². The second kappa shape index (κ2) is 8.74. The Hall–Kier alpha value is -2.73. The Balaban J connectivity index is 2.48. The Kier molecular flexibility index (Phi) is 6.33. The standard InChI is InChI=1S/C22H24ClFN2O3/c1-5-25(6-2)20-16-12-18(24)17(23)13-19(16)26(21(20)22(27)29-7-3)14-9-8-10-15(11-14)28-4/h8-13H,5-7H2,1-4H3. The topological polar surface area (TPSA) is 43.7 Å². The van der Waals surface area contributed by atoms with Crippen LogP contribution in [0.1, 0.15) is 31.3 Å². The average Bonchev–Trinajstić information content (AvgIpc) is 3.04. The highest BCUT2D eigenvalue weighted by molar-refractivity contribution is 6.31. The van der Waals surface area contributed by atoms with E-state index in [1.807, 2.05) is 43.0 Å². The van der Waals surface area contributed by atoms with E-state index in [0.29, 0.717) is 46.8 Å². The smallest absolute Gasteiger partial charge is 0.357 e. The summed E-state index contributed by atoms with van der Waals surface area (Å²) >= 11 is 6.11. The van der Waals surface area contributed by atoms with Crippen molar-refractivity contribution in [1.29, 1.82) is 0 Å². The fourth-order valence-corrected chi connectivity index (χ4v) is 3.69. The molecule has 0 fully saturated rings. The van der Waals surface area contributed by atoms with E-state index >= 15 is 0 Å². The van der Waals surface area contributed by atoms with Crippen molar-refractivity contribution in [3.8, 4) is 11.4 Å². The molecule has 3 aromatic rings. The quantitative estimate of drug-likeness (QED) is 0.478. The molecule has 0 aliphatic carbocycles. The van der Waals surface area contributed by atoms with E-state index < -0.39 is 11.8 Å². The molecule has 154 valence electrons. The van der Waals surface area contributed by atoms with Gasteiger partial charge in [0.15, 0.2) is 5.69 Å². The molecule has 0 bridgehead atoms. The van der Waals surface area contributed by atoms with Crippen molar-refractivity contribution in [3.63, 3.8) is 0 Å². The van der Waals surface area contributed by atoms with Crippen LogP contribution in [0.3, 0.4) is 0 Å². The molecule has 0 saturated heterocycles. The molecule has 3 rings (SSSR count). The Bertz CT molecular complexity index is 1040. The highest BCUT2D eigenvalue weighted by Gasteiger charge is 2.28. The van der Waals surface area contributed by atoms with Crippen LogP contribution in [-0.4, -0.2) is 37.3 Å². The first-order valence-electron chi connectivity index (χ1n) is 9.56. The van der Waals surface area contributed by atoms with Gasteiger partial charge in [0.25, 0.3) is 0 Å². The number of esters is 1. The number of hydrogen-bond donors (Lipinski definition) is 0. The lowest BCUT2D eigenvalue weighted by molar-refractivity contribution is 0.0518. The lowest BCUT2D eigenvalue weighted by atomic mass is 10.2. The van der Waals surface area contributed by atoms with Gasteiger partial charge in [0.05, 0.1) is 35.6 Å². The summed E-state index contributed by atoms with van der Waals surface area (Å²) in [5.41, 5.74) is 2.27. The van der Waals surface area contributed by atoms with Gasteiger partial charge in [0.2, 0.25) is 0 Å². The first-order valence-corrected chi connectivity index (χ1v) is 9.94. The summed E-state index contributed by atoms with van der Waals surface area (Å²) in [5.74, 6) is -0.382. The molecule has 0 amide bonds. The van der Waals surface area contributed by atoms with Gasteiger partial charge in [-0.05, 0) is 45.0 Å². The van der Waals surface area contributed by atoms with Crippen LogP contribution >= 0.6 is 11.6 Å². The Morgan fingerprint density at radius 3 is 2.52 bits per heavy atom. The predicted octanol–water partition coefficient (Wildman–Crippen LogP) is 5.45. The van der Waals surface area contributed by atoms with Gasteiger partial charge in [-0.15, -0.1) is 0 Å². The van der Waals surface area contributed by atoms with Gasteiger partial charge in [-0.2, -0.15) is 0 Å². The zero-order valence-corrected chi connectivity index (χ0v) is 17.7. The zero-order chi connectivity index (χ0) is 21.1. The zero-order valence-electron chi connectivity index (χ0n) is 17.0. The van der Waals surface area contributed by atoms with Gasteiger partial charge in [-0.3, -0.25) is 0 Å². The Morgan fingerprint density at radius 2 is 1.90 bits per heavy atom. The summed E-state index contributed by atoms with van der Waals surface area (Å²) in [4.78, 5) is 15.1. The molecular weight excluding hydrogens is 395 g/mol. The molecule has 0 unspecified atom stereocenters. The van der Waals surface area contributed by atoms with Crippen LogP contribution in [0.2, 0.25) is 5.02 Å². The first-order chi connectivity index (χ1) is 14.0. The van der Waals surface area contributed by atoms with Gasteiger partial charge in [-0.1, -0.05) is 17.7 Å². The monoisotopic (exact) mass is 418 g/mol. The lowest BCUT2D eigenvalue weighted by Gasteiger charge is -2.22. The minimum Gasteiger partial charge on any atom is -0.497 e. The highest BCUT2D eigenvalue weighted by Crippen LogP contribution is 2.39. The number of aromatic nitrogens is 1. The van der Waals surface area contributed by atoms with Gasteiger partial charge >= 0.3 is 5.97 Å². The van der Waals surface area contributed by atoms with Crippen molar-refractivity contribution in [2.24, 2.45) is 0 Å². The number of halogens is 2. The lowest BCUT2D eigenvalue weighted by Crippen LogP contribution is -2.25. The predicted molar refractivity (Wildman–Crippen MR) is 114 cm³/mol. The third-order valence-electron chi connectivity index (χ3n) is 4.84. The minimum absolute atomic E-state index is 0.0133. The van der Waals surface area contributed by atoms with Crippen molar-refractivity contribution in [2.45, 2.75) is 20.8 Å². The molecule has 0 spiro atoms. The van der Waals surface area contributed by atoms with E-state index in [4.69, 9.17) is 21.1 Å². The van der Waals surface area contributed by atoms with E-state index in [2.05, 4.69) is 0 Å². The minimum atomic E-state index is -0.536. The molecule has 0 atom stereocenters. The maximum atomic E-state index is 14.4. The third kappa shape index (κ3) is 3.77. The number of benzene rings is 2. The summed E-state index contributed by atoms with van der Waals surface area (Å²) in [6.07, 6.45) is 0. The number of nitrogens with zero attached hydrogens (tertiary/aromatic N) is 2. The van der Waals surface area contributed by atoms with Crippen LogP contribution in [-0.2, 0) is 4.74 Å². The molecule has 1 aromatic heterocycles. The molecule has 0 N–H and O–H groups in total. The van der Waals surface area contributed by atoms with Gasteiger partial charge in [-0.25, -0.2) is 9.18 Å². The van der Waals surface area contributed by atoms with Gasteiger partial charge < -0.3 is 18.9 Å². The molecule has 0 aliphatic heterocycles. The highest BCUT2D eigenvalue weighted by atomic mass is 35.5. The van der Waals surface area contributed by atoms with Crippen molar-refractivity contribution >= 4 is 34.2 Å². The number of ether oxygens (including phenoxy) is 2. The molecule has 5 nitrogen and oxygen atoms in total. The number of fused-ring (bicyclic) bond motifs is 1. The summed E-state index contributed by atoms with van der Waals surface area (Å²) in [6, 6.07) is 10.2. The Labute approximate surface area is 174 Å². The van der Waals surface area contributed by atoms with Crippen LogP contribution in [0, 0.1) is 5.82 Å². The number of hydrogen-bond acceptors (Lipinski definition) is 4. The van der Waals surface area contributed by atoms with Gasteiger partial charge in [0, 0.05) is 24.5 Å². The third-order valence-corrected chi connectivity index (χ3v) is 5.13. The van der Waals surface area contributed by atoms with Gasteiger partial charge in [0.1, 0.15) is 11.6 Å². The van der Waals surface area contributed by atoms with Crippen molar-refractivity contribution in [1.82, 2.24) is 4.57 Å². The average molecular weight is 419 g/mol. The number of methoxy groups -OCH3 is 1. The summed E-state index contributed by atoms with van der Waals surface area (Å²) in [6.45, 7) is 7.24. The maximum Gasteiger partial charge on any atom is 0.357 e. The van der Waals surface area contributed by atoms with Crippen LogP contribution < -0.4 is 9.64 Å². The van der Waals surface area contributed by atoms with Crippen LogP contribution in [0.4, 0.5) is 10.1 Å².